The fourth-order valence-corrected chi connectivity index (χ4v) is 2.95. The molecule has 2 heteroatoms. The van der Waals surface area contributed by atoms with E-state index in [1.54, 1.807) is 0 Å². The van der Waals surface area contributed by atoms with Crippen LogP contribution in [0.3, 0.4) is 0 Å². The molecule has 2 atom stereocenters. The van der Waals surface area contributed by atoms with Gasteiger partial charge in [0.1, 0.15) is 5.78 Å². The molecule has 0 amide bonds. The Labute approximate surface area is 102 Å². The van der Waals surface area contributed by atoms with E-state index in [9.17, 15) is 4.79 Å². The van der Waals surface area contributed by atoms with E-state index >= 15 is 0 Å². The molecule has 3 rings (SSSR count). The standard InChI is InChI=1S/C15H17NO/c1-15-10-12(11-6-3-2-4-7-11)16-13(15)8-5-9-14(15)17/h2-4,6-7,10,13,16H,5,8-9H2,1H3. The maximum atomic E-state index is 12.1. The van der Waals surface area contributed by atoms with Crippen LogP contribution in [0.5, 0.6) is 0 Å². The summed E-state index contributed by atoms with van der Waals surface area (Å²) in [6.45, 7) is 2.07. The Morgan fingerprint density at radius 2 is 2.06 bits per heavy atom. The predicted octanol–water partition coefficient (Wildman–Crippen LogP) is 2.76. The van der Waals surface area contributed by atoms with Crippen molar-refractivity contribution in [1.82, 2.24) is 5.32 Å². The Balaban J connectivity index is 1.98. The summed E-state index contributed by atoms with van der Waals surface area (Å²) in [5.41, 5.74) is 2.01. The summed E-state index contributed by atoms with van der Waals surface area (Å²) in [7, 11) is 0. The first-order valence-corrected chi connectivity index (χ1v) is 6.28. The summed E-state index contributed by atoms with van der Waals surface area (Å²) < 4.78 is 0. The number of Topliss-reactive ketones (excluding diaryl/α,β-unsaturated/α-hetero) is 1. The lowest BCUT2D eigenvalue weighted by atomic mass is 9.72. The molecule has 1 fully saturated rings. The molecule has 1 aliphatic carbocycles. The van der Waals surface area contributed by atoms with Crippen LogP contribution in [-0.4, -0.2) is 11.8 Å². The number of hydrogen-bond acceptors (Lipinski definition) is 2. The smallest absolute Gasteiger partial charge is 0.144 e. The Kier molecular flexibility index (Phi) is 2.32. The molecule has 17 heavy (non-hydrogen) atoms. The summed E-state index contributed by atoms with van der Waals surface area (Å²) in [5.74, 6) is 0.382. The summed E-state index contributed by atoms with van der Waals surface area (Å²) in [6.07, 6.45) is 4.97. The van der Waals surface area contributed by atoms with Crippen LogP contribution in [-0.2, 0) is 4.79 Å². The van der Waals surface area contributed by atoms with Crippen molar-refractivity contribution in [2.24, 2.45) is 5.41 Å². The molecule has 1 heterocycles. The summed E-state index contributed by atoms with van der Waals surface area (Å²) >= 11 is 0. The third-order valence-corrected chi connectivity index (χ3v) is 4.08. The van der Waals surface area contributed by atoms with Gasteiger partial charge in [-0.15, -0.1) is 0 Å². The highest BCUT2D eigenvalue weighted by Crippen LogP contribution is 2.41. The molecule has 1 N–H and O–H groups in total. The molecule has 1 aliphatic heterocycles. The molecule has 1 saturated carbocycles. The third kappa shape index (κ3) is 1.59. The number of rotatable bonds is 1. The van der Waals surface area contributed by atoms with E-state index in [0.717, 1.165) is 25.0 Å². The first-order valence-electron chi connectivity index (χ1n) is 6.28. The van der Waals surface area contributed by atoms with Crippen LogP contribution in [0.1, 0.15) is 31.7 Å². The number of benzene rings is 1. The second-order valence-corrected chi connectivity index (χ2v) is 5.22. The van der Waals surface area contributed by atoms with Crippen LogP contribution in [0.25, 0.3) is 5.70 Å². The van der Waals surface area contributed by atoms with Crippen molar-refractivity contribution in [2.75, 3.05) is 0 Å². The molecule has 0 aromatic heterocycles. The fraction of sp³-hybridized carbons (Fsp3) is 0.400. The van der Waals surface area contributed by atoms with Gasteiger partial charge < -0.3 is 5.32 Å². The highest BCUT2D eigenvalue weighted by atomic mass is 16.1. The van der Waals surface area contributed by atoms with Crippen molar-refractivity contribution < 1.29 is 4.79 Å². The Morgan fingerprint density at radius 3 is 2.76 bits per heavy atom. The van der Waals surface area contributed by atoms with Crippen LogP contribution >= 0.6 is 0 Å². The number of ketones is 1. The molecule has 1 aromatic carbocycles. The molecule has 2 nitrogen and oxygen atoms in total. The average Bonchev–Trinajstić information content (AvgIpc) is 2.70. The zero-order chi connectivity index (χ0) is 11.9. The predicted molar refractivity (Wildman–Crippen MR) is 68.3 cm³/mol. The third-order valence-electron chi connectivity index (χ3n) is 4.08. The van der Waals surface area contributed by atoms with Gasteiger partial charge >= 0.3 is 0 Å². The van der Waals surface area contributed by atoms with Gasteiger partial charge in [-0.05, 0) is 31.4 Å². The molecule has 88 valence electrons. The molecule has 2 unspecified atom stereocenters. The second kappa shape index (κ2) is 3.73. The minimum Gasteiger partial charge on any atom is -0.381 e. The minimum absolute atomic E-state index is 0.288. The molecule has 0 bridgehead atoms. The SMILES string of the molecule is CC12C=C(c3ccccc3)NC1CCCC2=O. The minimum atomic E-state index is -0.288. The quantitative estimate of drug-likeness (QED) is 0.799. The van der Waals surface area contributed by atoms with Crippen LogP contribution in [0, 0.1) is 5.41 Å². The van der Waals surface area contributed by atoms with Gasteiger partial charge in [-0.25, -0.2) is 0 Å². The molecule has 0 radical (unpaired) electrons. The van der Waals surface area contributed by atoms with Crippen molar-refractivity contribution in [3.05, 3.63) is 42.0 Å². The molecular formula is C15H17NO. The van der Waals surface area contributed by atoms with Gasteiger partial charge in [0.25, 0.3) is 0 Å². The molecular weight excluding hydrogens is 210 g/mol. The van der Waals surface area contributed by atoms with Crippen LogP contribution < -0.4 is 5.32 Å². The largest absolute Gasteiger partial charge is 0.381 e. The number of nitrogens with one attached hydrogen (secondary N) is 1. The van der Waals surface area contributed by atoms with Crippen molar-refractivity contribution in [1.29, 1.82) is 0 Å². The van der Waals surface area contributed by atoms with Crippen molar-refractivity contribution >= 4 is 11.5 Å². The van der Waals surface area contributed by atoms with Crippen molar-refractivity contribution in [3.8, 4) is 0 Å². The van der Waals surface area contributed by atoms with E-state index in [1.807, 2.05) is 18.2 Å². The molecule has 0 saturated heterocycles. The fourth-order valence-electron chi connectivity index (χ4n) is 2.95. The Bertz CT molecular complexity index is 477. The van der Waals surface area contributed by atoms with E-state index in [4.69, 9.17) is 0 Å². The second-order valence-electron chi connectivity index (χ2n) is 5.22. The maximum absolute atomic E-state index is 12.1. The summed E-state index contributed by atoms with van der Waals surface area (Å²) in [5, 5.41) is 3.52. The summed E-state index contributed by atoms with van der Waals surface area (Å²) in [4.78, 5) is 12.1. The zero-order valence-electron chi connectivity index (χ0n) is 10.1. The van der Waals surface area contributed by atoms with Gasteiger partial charge in [0.15, 0.2) is 0 Å². The van der Waals surface area contributed by atoms with E-state index in [-0.39, 0.29) is 5.41 Å². The lowest BCUT2D eigenvalue weighted by molar-refractivity contribution is -0.128. The van der Waals surface area contributed by atoms with Gasteiger partial charge in [0, 0.05) is 18.2 Å². The van der Waals surface area contributed by atoms with Gasteiger partial charge in [0.05, 0.1) is 5.41 Å². The lowest BCUT2D eigenvalue weighted by Crippen LogP contribution is -2.44. The molecule has 1 aromatic rings. The van der Waals surface area contributed by atoms with Crippen LogP contribution in [0.15, 0.2) is 36.4 Å². The Morgan fingerprint density at radius 1 is 1.29 bits per heavy atom. The highest BCUT2D eigenvalue weighted by Gasteiger charge is 2.45. The van der Waals surface area contributed by atoms with Gasteiger partial charge in [-0.2, -0.15) is 0 Å². The van der Waals surface area contributed by atoms with Gasteiger partial charge in [-0.1, -0.05) is 30.3 Å². The highest BCUT2D eigenvalue weighted by molar-refractivity contribution is 5.91. The van der Waals surface area contributed by atoms with E-state index in [0.29, 0.717) is 11.8 Å². The lowest BCUT2D eigenvalue weighted by Gasteiger charge is -2.33. The normalized spacial score (nSPS) is 31.7. The molecule has 0 spiro atoms. The van der Waals surface area contributed by atoms with Crippen molar-refractivity contribution in [3.63, 3.8) is 0 Å². The molecule has 2 aliphatic rings. The first kappa shape index (κ1) is 10.6. The monoisotopic (exact) mass is 227 g/mol. The van der Waals surface area contributed by atoms with Crippen LogP contribution in [0.2, 0.25) is 0 Å². The number of carbonyl (C=O) groups is 1. The Hall–Kier alpha value is -1.57. The van der Waals surface area contributed by atoms with E-state index in [1.165, 1.54) is 5.56 Å². The van der Waals surface area contributed by atoms with Crippen LogP contribution in [0.4, 0.5) is 0 Å². The zero-order valence-corrected chi connectivity index (χ0v) is 10.1. The number of hydrogen-bond donors (Lipinski definition) is 1. The average molecular weight is 227 g/mol. The number of carbonyl (C=O) groups excluding carboxylic acids is 1. The summed E-state index contributed by atoms with van der Waals surface area (Å²) in [6, 6.07) is 10.5. The van der Waals surface area contributed by atoms with E-state index < -0.39 is 0 Å². The number of fused-ring (bicyclic) bond motifs is 1. The maximum Gasteiger partial charge on any atom is 0.144 e. The van der Waals surface area contributed by atoms with E-state index in [2.05, 4.69) is 30.4 Å². The van der Waals surface area contributed by atoms with Crippen molar-refractivity contribution in [2.45, 2.75) is 32.2 Å². The van der Waals surface area contributed by atoms with Gasteiger partial charge in [-0.3, -0.25) is 4.79 Å². The first-order chi connectivity index (χ1) is 8.20. The van der Waals surface area contributed by atoms with Gasteiger partial charge in [0.2, 0.25) is 0 Å². The topological polar surface area (TPSA) is 29.1 Å².